The number of ether oxygens (including phenoxy) is 1. The first-order valence-corrected chi connectivity index (χ1v) is 6.75. The maximum atomic E-state index is 12.1. The summed E-state index contributed by atoms with van der Waals surface area (Å²) in [6.45, 7) is 5.85. The van der Waals surface area contributed by atoms with Crippen molar-refractivity contribution in [3.05, 3.63) is 28.8 Å². The molecule has 19 heavy (non-hydrogen) atoms. The predicted octanol–water partition coefficient (Wildman–Crippen LogP) is 2.37. The average Bonchev–Trinajstić information content (AvgIpc) is 3.16. The lowest BCUT2D eigenvalue weighted by atomic mass is 10.00. The van der Waals surface area contributed by atoms with E-state index in [9.17, 15) is 9.90 Å². The lowest BCUT2D eigenvalue weighted by molar-refractivity contribution is -0.145. The maximum absolute atomic E-state index is 12.1. The molecule has 2 N–H and O–H groups in total. The van der Waals surface area contributed by atoms with E-state index in [1.54, 1.807) is 6.92 Å². The summed E-state index contributed by atoms with van der Waals surface area (Å²) in [6.07, 6.45) is 2.21. The Morgan fingerprint density at radius 1 is 1.42 bits per heavy atom. The zero-order valence-corrected chi connectivity index (χ0v) is 11.7. The summed E-state index contributed by atoms with van der Waals surface area (Å²) in [5, 5.41) is 13.1. The average molecular weight is 263 g/mol. The zero-order chi connectivity index (χ0) is 14.0. The molecule has 4 heteroatoms. The molecule has 1 aliphatic carbocycles. The number of aromatic hydroxyl groups is 1. The Kier molecular flexibility index (Phi) is 4.10. The zero-order valence-electron chi connectivity index (χ0n) is 11.7. The van der Waals surface area contributed by atoms with E-state index in [-0.39, 0.29) is 11.7 Å². The summed E-state index contributed by atoms with van der Waals surface area (Å²) in [5.41, 5.74) is 2.42. The fourth-order valence-electron chi connectivity index (χ4n) is 2.17. The van der Waals surface area contributed by atoms with Gasteiger partial charge in [0.05, 0.1) is 6.61 Å². The number of esters is 1. The number of phenols is 1. The predicted molar refractivity (Wildman–Crippen MR) is 73.1 cm³/mol. The number of carbonyl (C=O) groups excluding carboxylic acids is 1. The third-order valence-corrected chi connectivity index (χ3v) is 3.35. The Morgan fingerprint density at radius 2 is 2.00 bits per heavy atom. The molecule has 0 bridgehead atoms. The van der Waals surface area contributed by atoms with Crippen molar-refractivity contribution in [1.29, 1.82) is 0 Å². The Hall–Kier alpha value is -1.55. The lowest BCUT2D eigenvalue weighted by Crippen LogP contribution is -2.32. The van der Waals surface area contributed by atoms with E-state index in [4.69, 9.17) is 4.74 Å². The molecule has 1 aliphatic rings. The SMILES string of the molecule is CCOC(=O)C(NC1CC1)c1cc(C)c(O)c(C)c1. The molecule has 0 heterocycles. The van der Waals surface area contributed by atoms with E-state index in [1.807, 2.05) is 26.0 Å². The molecule has 1 aromatic rings. The van der Waals surface area contributed by atoms with Crippen molar-refractivity contribution in [3.8, 4) is 5.75 Å². The van der Waals surface area contributed by atoms with E-state index >= 15 is 0 Å². The van der Waals surface area contributed by atoms with Gasteiger partial charge in [0.2, 0.25) is 0 Å². The molecule has 0 amide bonds. The number of rotatable bonds is 5. The minimum absolute atomic E-state index is 0.251. The molecule has 0 radical (unpaired) electrons. The van der Waals surface area contributed by atoms with Crippen molar-refractivity contribution in [3.63, 3.8) is 0 Å². The second-order valence-corrected chi connectivity index (χ2v) is 5.13. The van der Waals surface area contributed by atoms with Gasteiger partial charge < -0.3 is 9.84 Å². The second kappa shape index (κ2) is 5.61. The first kappa shape index (κ1) is 13.9. The Labute approximate surface area is 113 Å². The number of carbonyl (C=O) groups is 1. The lowest BCUT2D eigenvalue weighted by Gasteiger charge is -2.19. The molecular weight excluding hydrogens is 242 g/mol. The standard InChI is InChI=1S/C15H21NO3/c1-4-19-15(18)13(16-12-5-6-12)11-7-9(2)14(17)10(3)8-11/h7-8,12-13,16-17H,4-6H2,1-3H3. The van der Waals surface area contributed by atoms with Crippen LogP contribution in [0.3, 0.4) is 0 Å². The van der Waals surface area contributed by atoms with Crippen molar-refractivity contribution >= 4 is 5.97 Å². The van der Waals surface area contributed by atoms with Gasteiger partial charge in [0.15, 0.2) is 0 Å². The van der Waals surface area contributed by atoms with Gasteiger partial charge in [-0.25, -0.2) is 4.79 Å². The molecule has 104 valence electrons. The highest BCUT2D eigenvalue weighted by Gasteiger charge is 2.30. The van der Waals surface area contributed by atoms with Crippen molar-refractivity contribution in [1.82, 2.24) is 5.32 Å². The summed E-state index contributed by atoms with van der Waals surface area (Å²) in [4.78, 5) is 12.1. The van der Waals surface area contributed by atoms with Crippen molar-refractivity contribution in [2.24, 2.45) is 0 Å². The molecule has 0 spiro atoms. The Balaban J connectivity index is 2.28. The monoisotopic (exact) mass is 263 g/mol. The highest BCUT2D eigenvalue weighted by atomic mass is 16.5. The summed E-state index contributed by atoms with van der Waals surface area (Å²) in [7, 11) is 0. The normalized spacial score (nSPS) is 16.2. The van der Waals surface area contributed by atoms with Crippen LogP contribution in [0, 0.1) is 13.8 Å². The maximum Gasteiger partial charge on any atom is 0.327 e. The second-order valence-electron chi connectivity index (χ2n) is 5.13. The van der Waals surface area contributed by atoms with Gasteiger partial charge in [-0.15, -0.1) is 0 Å². The van der Waals surface area contributed by atoms with Crippen molar-refractivity contribution in [2.45, 2.75) is 45.7 Å². The fourth-order valence-corrected chi connectivity index (χ4v) is 2.17. The highest BCUT2D eigenvalue weighted by Crippen LogP contribution is 2.29. The van der Waals surface area contributed by atoms with Crippen LogP contribution in [-0.4, -0.2) is 23.7 Å². The van der Waals surface area contributed by atoms with Crippen LogP contribution < -0.4 is 5.32 Å². The van der Waals surface area contributed by atoms with Crippen LogP contribution in [0.4, 0.5) is 0 Å². The van der Waals surface area contributed by atoms with Crippen molar-refractivity contribution < 1.29 is 14.6 Å². The van der Waals surface area contributed by atoms with Gasteiger partial charge >= 0.3 is 5.97 Å². The summed E-state index contributed by atoms with van der Waals surface area (Å²) < 4.78 is 5.13. The largest absolute Gasteiger partial charge is 0.507 e. The molecule has 1 aromatic carbocycles. The molecular formula is C15H21NO3. The topological polar surface area (TPSA) is 58.6 Å². The van der Waals surface area contributed by atoms with E-state index in [2.05, 4.69) is 5.32 Å². The molecule has 1 fully saturated rings. The first-order valence-electron chi connectivity index (χ1n) is 6.75. The van der Waals surface area contributed by atoms with Crippen LogP contribution in [-0.2, 0) is 9.53 Å². The summed E-state index contributed by atoms with van der Waals surface area (Å²) >= 11 is 0. The van der Waals surface area contributed by atoms with Gasteiger partial charge in [-0.05, 0) is 50.3 Å². The summed E-state index contributed by atoms with van der Waals surface area (Å²) in [6, 6.07) is 3.66. The van der Waals surface area contributed by atoms with Gasteiger partial charge in [0, 0.05) is 6.04 Å². The molecule has 0 aromatic heterocycles. The quantitative estimate of drug-likeness (QED) is 0.801. The molecule has 0 aliphatic heterocycles. The molecule has 4 nitrogen and oxygen atoms in total. The van der Waals surface area contributed by atoms with Gasteiger partial charge in [-0.3, -0.25) is 5.32 Å². The highest BCUT2D eigenvalue weighted by molar-refractivity contribution is 5.78. The Bertz CT molecular complexity index is 457. The van der Waals surface area contributed by atoms with Gasteiger partial charge in [-0.2, -0.15) is 0 Å². The number of hydrogen-bond acceptors (Lipinski definition) is 4. The van der Waals surface area contributed by atoms with E-state index in [0.717, 1.165) is 29.5 Å². The number of nitrogens with one attached hydrogen (secondary N) is 1. The Morgan fingerprint density at radius 3 is 2.47 bits per heavy atom. The molecule has 2 rings (SSSR count). The van der Waals surface area contributed by atoms with Crippen LogP contribution in [0.15, 0.2) is 12.1 Å². The van der Waals surface area contributed by atoms with E-state index < -0.39 is 6.04 Å². The molecule has 1 unspecified atom stereocenters. The van der Waals surface area contributed by atoms with Crippen LogP contribution in [0.2, 0.25) is 0 Å². The van der Waals surface area contributed by atoms with E-state index in [0.29, 0.717) is 12.6 Å². The van der Waals surface area contributed by atoms with Crippen LogP contribution >= 0.6 is 0 Å². The first-order chi connectivity index (χ1) is 9.02. The van der Waals surface area contributed by atoms with Crippen LogP contribution in [0.1, 0.15) is 42.5 Å². The van der Waals surface area contributed by atoms with Gasteiger partial charge in [0.25, 0.3) is 0 Å². The number of benzene rings is 1. The van der Waals surface area contributed by atoms with Crippen LogP contribution in [0.25, 0.3) is 0 Å². The van der Waals surface area contributed by atoms with E-state index in [1.165, 1.54) is 0 Å². The summed E-state index contributed by atoms with van der Waals surface area (Å²) in [5.74, 6) is 0.0386. The van der Waals surface area contributed by atoms with Gasteiger partial charge in [-0.1, -0.05) is 12.1 Å². The molecule has 1 atom stereocenters. The fraction of sp³-hybridized carbons (Fsp3) is 0.533. The molecule has 0 saturated heterocycles. The van der Waals surface area contributed by atoms with Crippen molar-refractivity contribution in [2.75, 3.05) is 6.61 Å². The van der Waals surface area contributed by atoms with Crippen LogP contribution in [0.5, 0.6) is 5.75 Å². The third kappa shape index (κ3) is 3.26. The third-order valence-electron chi connectivity index (χ3n) is 3.35. The smallest absolute Gasteiger partial charge is 0.327 e. The number of phenolic OH excluding ortho intramolecular Hbond substituents is 1. The molecule has 1 saturated carbocycles. The number of aryl methyl sites for hydroxylation is 2. The minimum Gasteiger partial charge on any atom is -0.507 e. The number of hydrogen-bond donors (Lipinski definition) is 2. The van der Waals surface area contributed by atoms with Gasteiger partial charge in [0.1, 0.15) is 11.8 Å². The minimum atomic E-state index is -0.439.